The number of hydrogen-bond acceptors (Lipinski definition) is 11. The lowest BCUT2D eigenvalue weighted by molar-refractivity contribution is 0.112. The van der Waals surface area contributed by atoms with E-state index in [0.29, 0.717) is 23.0 Å². The van der Waals surface area contributed by atoms with Gasteiger partial charge in [0.05, 0.1) is 7.11 Å². The van der Waals surface area contributed by atoms with Crippen molar-refractivity contribution in [3.63, 3.8) is 0 Å². The van der Waals surface area contributed by atoms with Crippen LogP contribution in [0, 0.1) is 0 Å². The minimum absolute atomic E-state index is 0.0191. The fraction of sp³-hybridized carbons (Fsp3) is 0.360. The molecule has 1 N–H and O–H groups in total. The lowest BCUT2D eigenvalue weighted by atomic mass is 10.2. The number of ether oxygens (including phenoxy) is 2. The van der Waals surface area contributed by atoms with Crippen LogP contribution in [0.2, 0.25) is 5.02 Å². The zero-order chi connectivity index (χ0) is 28.3. The maximum absolute atomic E-state index is 12.3. The molecule has 0 unspecified atom stereocenters. The highest BCUT2D eigenvalue weighted by Gasteiger charge is 2.31. The van der Waals surface area contributed by atoms with E-state index in [1.54, 1.807) is 13.2 Å². The molecule has 2 aromatic carbocycles. The van der Waals surface area contributed by atoms with Crippen molar-refractivity contribution in [2.45, 2.75) is 13.1 Å². The zero-order valence-corrected chi connectivity index (χ0v) is 24.7. The van der Waals surface area contributed by atoms with Gasteiger partial charge in [0.2, 0.25) is 0 Å². The molecule has 1 fully saturated rings. The lowest BCUT2D eigenvalue weighted by Crippen LogP contribution is -2.47. The van der Waals surface area contributed by atoms with Crippen LogP contribution in [0.5, 0.6) is 17.4 Å². The van der Waals surface area contributed by atoms with Crippen LogP contribution >= 0.6 is 27.5 Å². The van der Waals surface area contributed by atoms with Gasteiger partial charge in [0.15, 0.2) is 11.5 Å². The first-order valence-electron chi connectivity index (χ1n) is 12.4. The molecule has 3 heterocycles. The predicted octanol–water partition coefficient (Wildman–Crippen LogP) is 2.54. The molecule has 1 saturated heterocycles. The van der Waals surface area contributed by atoms with Crippen LogP contribution in [0.3, 0.4) is 0 Å². The van der Waals surface area contributed by atoms with Gasteiger partial charge in [-0.15, -0.1) is 8.42 Å². The maximum Gasteiger partial charge on any atom is 0.523 e. The van der Waals surface area contributed by atoms with E-state index in [9.17, 15) is 13.2 Å². The zero-order valence-electron chi connectivity index (χ0n) is 21.5. The summed E-state index contributed by atoms with van der Waals surface area (Å²) < 4.78 is 44.2. The highest BCUT2D eigenvalue weighted by molar-refractivity contribution is 9.10. The van der Waals surface area contributed by atoms with E-state index in [1.165, 1.54) is 5.56 Å². The number of fused-ring (bicyclic) bond motifs is 2. The first kappa shape index (κ1) is 28.5. The second kappa shape index (κ2) is 12.2. The van der Waals surface area contributed by atoms with Gasteiger partial charge in [-0.05, 0) is 56.2 Å². The number of anilines is 1. The Morgan fingerprint density at radius 2 is 1.75 bits per heavy atom. The molecule has 2 aliphatic heterocycles. The van der Waals surface area contributed by atoms with Crippen LogP contribution < -0.4 is 28.8 Å². The number of aromatic nitrogens is 2. The molecule has 0 saturated carbocycles. The summed E-state index contributed by atoms with van der Waals surface area (Å²) in [7, 11) is -2.86. The summed E-state index contributed by atoms with van der Waals surface area (Å²) in [5, 5.41) is 7.48. The van der Waals surface area contributed by atoms with Crippen LogP contribution in [0.15, 0.2) is 51.7 Å². The van der Waals surface area contributed by atoms with Gasteiger partial charge in [-0.1, -0.05) is 34.9 Å². The third kappa shape index (κ3) is 6.81. The van der Waals surface area contributed by atoms with Gasteiger partial charge in [-0.25, -0.2) is 4.28 Å². The first-order chi connectivity index (χ1) is 19.2. The highest BCUT2D eigenvalue weighted by Crippen LogP contribution is 2.32. The lowest BCUT2D eigenvalue weighted by Gasteiger charge is -2.34. The summed E-state index contributed by atoms with van der Waals surface area (Å²) in [4.78, 5) is 17.5. The van der Waals surface area contributed by atoms with E-state index in [-0.39, 0.29) is 22.6 Å². The Morgan fingerprint density at radius 1 is 1.05 bits per heavy atom. The number of piperazine rings is 1. The summed E-state index contributed by atoms with van der Waals surface area (Å²) >= 11 is 9.14. The minimum atomic E-state index is -4.44. The first-order valence-corrected chi connectivity index (χ1v) is 14.9. The van der Waals surface area contributed by atoms with Gasteiger partial charge in [0.1, 0.15) is 16.8 Å². The normalized spacial score (nSPS) is 16.6. The van der Waals surface area contributed by atoms with Crippen LogP contribution in [0.25, 0.3) is 0 Å². The Bertz CT molecular complexity index is 1530. The average Bonchev–Trinajstić information content (AvgIpc) is 2.93. The third-order valence-corrected chi connectivity index (χ3v) is 8.14. The van der Waals surface area contributed by atoms with Crippen LogP contribution in [0.4, 0.5) is 5.69 Å². The molecule has 0 amide bonds. The number of nitrogens with one attached hydrogen (secondary N) is 1. The Morgan fingerprint density at radius 3 is 2.48 bits per heavy atom. The molecule has 12 nitrogen and oxygen atoms in total. The average molecular weight is 657 g/mol. The molecule has 214 valence electrons. The van der Waals surface area contributed by atoms with Crippen molar-refractivity contribution >= 4 is 43.6 Å². The van der Waals surface area contributed by atoms with Gasteiger partial charge < -0.3 is 19.0 Å². The quantitative estimate of drug-likeness (QED) is 0.346. The van der Waals surface area contributed by atoms with Crippen molar-refractivity contribution in [1.29, 1.82) is 0 Å². The second-order valence-electron chi connectivity index (χ2n) is 9.17. The monoisotopic (exact) mass is 655 g/mol. The summed E-state index contributed by atoms with van der Waals surface area (Å²) in [6.45, 7) is 6.22. The summed E-state index contributed by atoms with van der Waals surface area (Å²) in [6, 6.07) is 13.4. The molecule has 3 aromatic rings. The van der Waals surface area contributed by atoms with Crippen molar-refractivity contribution in [3.05, 3.63) is 73.4 Å². The minimum Gasteiger partial charge on any atom is -0.493 e. The summed E-state index contributed by atoms with van der Waals surface area (Å²) in [5.74, 6) is 0.851. The van der Waals surface area contributed by atoms with Gasteiger partial charge in [-0.3, -0.25) is 14.6 Å². The molecule has 15 heteroatoms. The Kier molecular flexibility index (Phi) is 8.71. The van der Waals surface area contributed by atoms with Crippen LogP contribution in [-0.2, 0) is 23.5 Å². The topological polar surface area (TPSA) is 124 Å². The molecule has 2 aliphatic rings. The van der Waals surface area contributed by atoms with Crippen molar-refractivity contribution in [2.75, 3.05) is 51.8 Å². The van der Waals surface area contributed by atoms with Crippen molar-refractivity contribution in [2.24, 2.45) is 0 Å². The van der Waals surface area contributed by atoms with Crippen LogP contribution in [-0.4, -0.2) is 74.6 Å². The number of nitrogens with zero attached hydrogens (tertiary/aromatic N) is 4. The van der Waals surface area contributed by atoms with Crippen molar-refractivity contribution < 1.29 is 26.4 Å². The number of methoxy groups -OCH3 is 1. The van der Waals surface area contributed by atoms with E-state index in [4.69, 9.17) is 25.3 Å². The summed E-state index contributed by atoms with van der Waals surface area (Å²) in [5.41, 5.74) is 1.34. The molecule has 40 heavy (non-hydrogen) atoms. The maximum atomic E-state index is 12.3. The molecule has 2 bridgehead atoms. The predicted molar refractivity (Wildman–Crippen MR) is 151 cm³/mol. The van der Waals surface area contributed by atoms with Crippen molar-refractivity contribution in [1.82, 2.24) is 19.7 Å². The molecular weight excluding hydrogens is 630 g/mol. The smallest absolute Gasteiger partial charge is 0.493 e. The number of benzene rings is 2. The number of rotatable bonds is 10. The molecule has 0 spiro atoms. The highest BCUT2D eigenvalue weighted by atomic mass is 79.9. The van der Waals surface area contributed by atoms with E-state index in [1.807, 2.05) is 24.3 Å². The summed E-state index contributed by atoms with van der Waals surface area (Å²) in [6.07, 6.45) is 0. The van der Waals surface area contributed by atoms with E-state index in [0.717, 1.165) is 49.9 Å². The van der Waals surface area contributed by atoms with E-state index >= 15 is 0 Å². The molecule has 0 aliphatic carbocycles. The van der Waals surface area contributed by atoms with Gasteiger partial charge in [0, 0.05) is 50.8 Å². The Hall–Kier alpha value is -3.04. The van der Waals surface area contributed by atoms with E-state index in [2.05, 4.69) is 52.6 Å². The third-order valence-electron chi connectivity index (χ3n) is 6.47. The Balaban J connectivity index is 1.15. The largest absolute Gasteiger partial charge is 0.523 e. The molecule has 0 radical (unpaired) electrons. The fourth-order valence-corrected chi connectivity index (χ4v) is 5.56. The number of halogens is 2. The van der Waals surface area contributed by atoms with Crippen LogP contribution in [0.1, 0.15) is 11.1 Å². The number of hydrogen-bond donors (Lipinski definition) is 1. The fourth-order valence-electron chi connectivity index (χ4n) is 4.36. The molecule has 1 aromatic heterocycles. The standard InChI is InChI=1S/C25H27BrClN5O7S/c1-36-20-7-4-18(15-28-23-22(26)25(33)32-29-24(23)38-40(34,35)39-32)14-21(20)37-13-12-30-8-10-31(11-9-30)16-17-2-5-19(27)6-3-17/h2-7,14,28H,8-13,15-16H2,1H3. The SMILES string of the molecule is COc1ccc(CNc2c3nn(c(=O)c2Br)OS(=O)(=O)O3)cc1OCCN1CCN(Cc2ccc(Cl)cc2)CC1. The van der Waals surface area contributed by atoms with Gasteiger partial charge >= 0.3 is 16.0 Å². The molecular formula is C25H27BrClN5O7S. The molecule has 5 rings (SSSR count). The molecule has 0 atom stereocenters. The van der Waals surface area contributed by atoms with E-state index < -0.39 is 16.0 Å². The Labute approximate surface area is 244 Å². The van der Waals surface area contributed by atoms with Gasteiger partial charge in [0.25, 0.3) is 5.88 Å². The van der Waals surface area contributed by atoms with Gasteiger partial charge in [-0.2, -0.15) is 0 Å². The second-order valence-corrected chi connectivity index (χ2v) is 11.5. The van der Waals surface area contributed by atoms with Crippen molar-refractivity contribution in [3.8, 4) is 17.4 Å².